The lowest BCUT2D eigenvalue weighted by molar-refractivity contribution is -0.384. The van der Waals surface area contributed by atoms with Crippen molar-refractivity contribution in [1.29, 1.82) is 0 Å². The molecule has 0 aliphatic carbocycles. The Morgan fingerprint density at radius 1 is 1.13 bits per heavy atom. The summed E-state index contributed by atoms with van der Waals surface area (Å²) < 4.78 is 11.1. The van der Waals surface area contributed by atoms with E-state index in [0.29, 0.717) is 17.1 Å². The third-order valence-electron chi connectivity index (χ3n) is 5.40. The summed E-state index contributed by atoms with van der Waals surface area (Å²) in [4.78, 5) is 25.6. The number of fused-ring (bicyclic) bond motifs is 1. The van der Waals surface area contributed by atoms with E-state index in [1.807, 2.05) is 31.2 Å². The fourth-order valence-electron chi connectivity index (χ4n) is 3.91. The maximum absolute atomic E-state index is 13.0. The number of hydrogen-bond donors (Lipinski definition) is 0. The highest BCUT2D eigenvalue weighted by molar-refractivity contribution is 5.97. The zero-order valence-electron chi connectivity index (χ0n) is 17.3. The molecule has 3 aromatic rings. The lowest BCUT2D eigenvalue weighted by Crippen LogP contribution is -2.39. The Bertz CT molecular complexity index is 1130. The minimum absolute atomic E-state index is 0.0476. The fourth-order valence-corrected chi connectivity index (χ4v) is 3.91. The molecular formula is C24H22N2O5. The van der Waals surface area contributed by atoms with Crippen LogP contribution in [0.15, 0.2) is 66.7 Å². The van der Waals surface area contributed by atoms with Gasteiger partial charge >= 0.3 is 0 Å². The SMILES string of the molecule is COc1ccc(-c2cc([N+](=O)[O-])ccc2OCC(=O)N2c3ccccc3C[C@@H]2C)cc1. The normalized spacial score (nSPS) is 14.8. The molecule has 1 aliphatic rings. The van der Waals surface area contributed by atoms with Gasteiger partial charge in [0.15, 0.2) is 6.61 Å². The molecule has 158 valence electrons. The summed E-state index contributed by atoms with van der Waals surface area (Å²) in [7, 11) is 1.57. The van der Waals surface area contributed by atoms with E-state index in [1.165, 1.54) is 18.2 Å². The van der Waals surface area contributed by atoms with Gasteiger partial charge in [0.05, 0.1) is 12.0 Å². The molecule has 0 spiro atoms. The number of methoxy groups -OCH3 is 1. The number of rotatable bonds is 6. The second-order valence-corrected chi connectivity index (χ2v) is 7.40. The summed E-state index contributed by atoms with van der Waals surface area (Å²) in [5.74, 6) is 0.925. The summed E-state index contributed by atoms with van der Waals surface area (Å²) in [5, 5.41) is 11.3. The molecule has 0 aromatic heterocycles. The lowest BCUT2D eigenvalue weighted by atomic mass is 10.0. The van der Waals surface area contributed by atoms with Crippen LogP contribution in [-0.4, -0.2) is 30.6 Å². The first-order chi connectivity index (χ1) is 15.0. The van der Waals surface area contributed by atoms with Crippen LogP contribution >= 0.6 is 0 Å². The van der Waals surface area contributed by atoms with E-state index in [1.54, 1.807) is 36.3 Å². The molecule has 1 aliphatic heterocycles. The second kappa shape index (κ2) is 8.47. The number of anilines is 1. The van der Waals surface area contributed by atoms with E-state index >= 15 is 0 Å². The largest absolute Gasteiger partial charge is 0.497 e. The van der Waals surface area contributed by atoms with Crippen LogP contribution in [0.1, 0.15) is 12.5 Å². The van der Waals surface area contributed by atoms with Crippen LogP contribution in [0.5, 0.6) is 11.5 Å². The molecular weight excluding hydrogens is 396 g/mol. The molecule has 0 bridgehead atoms. The highest BCUT2D eigenvalue weighted by atomic mass is 16.6. The van der Waals surface area contributed by atoms with Crippen LogP contribution in [0, 0.1) is 10.1 Å². The van der Waals surface area contributed by atoms with Gasteiger partial charge in [-0.15, -0.1) is 0 Å². The zero-order chi connectivity index (χ0) is 22.0. The molecule has 7 nitrogen and oxygen atoms in total. The van der Waals surface area contributed by atoms with Crippen molar-refractivity contribution in [2.75, 3.05) is 18.6 Å². The first kappa shape index (κ1) is 20.4. The predicted molar refractivity (Wildman–Crippen MR) is 118 cm³/mol. The molecule has 0 radical (unpaired) electrons. The van der Waals surface area contributed by atoms with Crippen LogP contribution in [-0.2, 0) is 11.2 Å². The Morgan fingerprint density at radius 3 is 2.58 bits per heavy atom. The number of amides is 1. The number of ether oxygens (including phenoxy) is 2. The number of non-ortho nitro benzene ring substituents is 1. The van der Waals surface area contributed by atoms with Gasteiger partial charge in [-0.25, -0.2) is 0 Å². The number of para-hydroxylation sites is 1. The number of hydrogen-bond acceptors (Lipinski definition) is 5. The highest BCUT2D eigenvalue weighted by Crippen LogP contribution is 2.35. The first-order valence-corrected chi connectivity index (χ1v) is 9.93. The maximum atomic E-state index is 13.0. The van der Waals surface area contributed by atoms with Crippen molar-refractivity contribution in [3.63, 3.8) is 0 Å². The molecule has 3 aromatic carbocycles. The molecule has 0 N–H and O–H groups in total. The Hall–Kier alpha value is -3.87. The summed E-state index contributed by atoms with van der Waals surface area (Å²) in [6.45, 7) is 1.84. The number of benzene rings is 3. The monoisotopic (exact) mass is 418 g/mol. The Labute approximate surface area is 180 Å². The van der Waals surface area contributed by atoms with E-state index in [0.717, 1.165) is 23.2 Å². The van der Waals surface area contributed by atoms with Gasteiger partial charge < -0.3 is 14.4 Å². The molecule has 0 unspecified atom stereocenters. The third kappa shape index (κ3) is 4.07. The summed E-state index contributed by atoms with van der Waals surface area (Å²) >= 11 is 0. The van der Waals surface area contributed by atoms with Gasteiger partial charge in [-0.1, -0.05) is 30.3 Å². The van der Waals surface area contributed by atoms with Crippen molar-refractivity contribution in [2.45, 2.75) is 19.4 Å². The van der Waals surface area contributed by atoms with Crippen molar-refractivity contribution in [3.05, 3.63) is 82.4 Å². The van der Waals surface area contributed by atoms with Crippen LogP contribution in [0.4, 0.5) is 11.4 Å². The zero-order valence-corrected chi connectivity index (χ0v) is 17.3. The van der Waals surface area contributed by atoms with E-state index in [-0.39, 0.29) is 24.2 Å². The summed E-state index contributed by atoms with van der Waals surface area (Å²) in [5.41, 5.74) is 3.26. The van der Waals surface area contributed by atoms with Crippen molar-refractivity contribution in [3.8, 4) is 22.6 Å². The fraction of sp³-hybridized carbons (Fsp3) is 0.208. The van der Waals surface area contributed by atoms with Crippen molar-refractivity contribution in [1.82, 2.24) is 0 Å². The molecule has 1 amide bonds. The van der Waals surface area contributed by atoms with E-state index < -0.39 is 4.92 Å². The molecule has 0 saturated carbocycles. The predicted octanol–water partition coefficient (Wildman–Crippen LogP) is 4.63. The third-order valence-corrected chi connectivity index (χ3v) is 5.40. The summed E-state index contributed by atoms with van der Waals surface area (Å²) in [6.07, 6.45) is 0.802. The van der Waals surface area contributed by atoms with Crippen molar-refractivity contribution >= 4 is 17.3 Å². The minimum Gasteiger partial charge on any atom is -0.497 e. The highest BCUT2D eigenvalue weighted by Gasteiger charge is 2.30. The molecule has 7 heteroatoms. The van der Waals surface area contributed by atoms with Gasteiger partial charge in [-0.2, -0.15) is 0 Å². The van der Waals surface area contributed by atoms with Crippen LogP contribution in [0.2, 0.25) is 0 Å². The van der Waals surface area contributed by atoms with E-state index in [4.69, 9.17) is 9.47 Å². The van der Waals surface area contributed by atoms with Crippen molar-refractivity contribution < 1.29 is 19.2 Å². The van der Waals surface area contributed by atoms with Gasteiger partial charge in [-0.05, 0) is 48.7 Å². The first-order valence-electron chi connectivity index (χ1n) is 9.93. The molecule has 31 heavy (non-hydrogen) atoms. The lowest BCUT2D eigenvalue weighted by Gasteiger charge is -2.23. The van der Waals surface area contributed by atoms with Gasteiger partial charge in [0.2, 0.25) is 0 Å². The van der Waals surface area contributed by atoms with Gasteiger partial charge in [-0.3, -0.25) is 14.9 Å². The smallest absolute Gasteiger partial charge is 0.270 e. The second-order valence-electron chi connectivity index (χ2n) is 7.40. The standard InChI is InChI=1S/C24H22N2O5/c1-16-13-18-5-3-4-6-22(18)25(16)24(27)15-31-23-12-9-19(26(28)29)14-21(23)17-7-10-20(30-2)11-8-17/h3-12,14,16H,13,15H2,1-2H3/t16-/m0/s1. The Morgan fingerprint density at radius 2 is 1.87 bits per heavy atom. The number of nitro groups is 1. The summed E-state index contributed by atoms with van der Waals surface area (Å²) in [6, 6.07) is 19.4. The Balaban J connectivity index is 1.59. The molecule has 0 fully saturated rings. The van der Waals surface area contributed by atoms with Gasteiger partial charge in [0.25, 0.3) is 11.6 Å². The van der Waals surface area contributed by atoms with Crippen LogP contribution in [0.25, 0.3) is 11.1 Å². The van der Waals surface area contributed by atoms with Gasteiger partial charge in [0, 0.05) is 29.4 Å². The average Bonchev–Trinajstić information content (AvgIpc) is 3.13. The Kier molecular flexibility index (Phi) is 5.58. The topological polar surface area (TPSA) is 81.9 Å². The number of nitrogens with zero attached hydrogens (tertiary/aromatic N) is 2. The number of carbonyl (C=O) groups excluding carboxylic acids is 1. The van der Waals surface area contributed by atoms with Crippen molar-refractivity contribution in [2.24, 2.45) is 0 Å². The van der Waals surface area contributed by atoms with E-state index in [2.05, 4.69) is 0 Å². The molecule has 1 atom stereocenters. The number of nitro benzene ring substituents is 1. The van der Waals surface area contributed by atoms with Gasteiger partial charge in [0.1, 0.15) is 11.5 Å². The van der Waals surface area contributed by atoms with E-state index in [9.17, 15) is 14.9 Å². The molecule has 0 saturated heterocycles. The average molecular weight is 418 g/mol. The minimum atomic E-state index is -0.454. The number of carbonyl (C=O) groups is 1. The van der Waals surface area contributed by atoms with Crippen LogP contribution < -0.4 is 14.4 Å². The molecule has 1 heterocycles. The quantitative estimate of drug-likeness (QED) is 0.431. The maximum Gasteiger partial charge on any atom is 0.270 e. The molecule has 4 rings (SSSR count). The van der Waals surface area contributed by atoms with Crippen LogP contribution in [0.3, 0.4) is 0 Å².